The van der Waals surface area contributed by atoms with Crippen molar-refractivity contribution < 1.29 is 70.6 Å². The number of anilines is 2. The number of fused-ring (bicyclic) bond motifs is 5. The van der Waals surface area contributed by atoms with Crippen LogP contribution in [0.3, 0.4) is 0 Å². The van der Waals surface area contributed by atoms with E-state index < -0.39 is 54.1 Å². The first-order valence-corrected chi connectivity index (χ1v) is 30.9. The number of nitrogens with two attached hydrogens (primary N) is 1. The fraction of sp³-hybridized carbons (Fsp3) is 0.400. The molecular formula is C55H65N8O16P3. The molecule has 8 N–H and O–H groups in total. The van der Waals surface area contributed by atoms with E-state index in [9.17, 15) is 47.9 Å². The second-order valence-electron chi connectivity index (χ2n) is 21.5. The van der Waals surface area contributed by atoms with E-state index in [0.717, 1.165) is 68.3 Å². The quantitative estimate of drug-likeness (QED) is 0.0367. The van der Waals surface area contributed by atoms with Gasteiger partial charge in [-0.25, -0.2) is 18.0 Å². The molecule has 2 amide bonds. The molecule has 5 aromatic rings. The molecule has 6 heterocycles. The highest BCUT2D eigenvalue weighted by Gasteiger charge is 2.43. The number of likely N-dealkylation sites (N-methyl/N-ethyl adjacent to an activating group) is 2. The number of phosphoric acid groups is 3. The molecule has 0 aliphatic carbocycles. The Morgan fingerprint density at radius 2 is 1.71 bits per heavy atom. The first-order chi connectivity index (χ1) is 38.4. The van der Waals surface area contributed by atoms with Crippen LogP contribution in [0.2, 0.25) is 0 Å². The number of rotatable bonds is 17. The minimum absolute atomic E-state index is 0.0198. The third kappa shape index (κ3) is 12.2. The van der Waals surface area contributed by atoms with Crippen LogP contribution in [-0.2, 0) is 36.4 Å². The number of aromatic nitrogens is 3. The largest absolute Gasteiger partial charge is 0.756 e. The molecule has 0 saturated carbocycles. The number of carbonyl (C=O) groups excluding carboxylic acids is 2. The number of nitrogens with zero attached hydrogens (tertiary/aromatic N) is 5. The molecule has 0 bridgehead atoms. The Hall–Kier alpha value is -6.54. The molecule has 2 aromatic heterocycles. The van der Waals surface area contributed by atoms with Gasteiger partial charge in [-0.1, -0.05) is 36.1 Å². The first-order valence-electron chi connectivity index (χ1n) is 26.4. The maximum Gasteiger partial charge on any atom is 0.487 e. The van der Waals surface area contributed by atoms with Crippen LogP contribution in [0.25, 0.3) is 27.8 Å². The van der Waals surface area contributed by atoms with E-state index in [4.69, 9.17) is 20.1 Å². The number of carbonyl (C=O) groups is 2. The molecule has 3 aromatic carbocycles. The predicted octanol–water partition coefficient (Wildman–Crippen LogP) is 4.77. The van der Waals surface area contributed by atoms with Crippen molar-refractivity contribution in [2.24, 2.45) is 0 Å². The van der Waals surface area contributed by atoms with Crippen molar-refractivity contribution in [1.29, 1.82) is 0 Å². The monoisotopic (exact) mass is 1190 g/mol. The summed E-state index contributed by atoms with van der Waals surface area (Å²) >= 11 is 0. The first kappa shape index (κ1) is 60.1. The molecule has 6 atom stereocenters. The summed E-state index contributed by atoms with van der Waals surface area (Å²) in [5.41, 5.74) is 13.3. The van der Waals surface area contributed by atoms with E-state index >= 15 is 0 Å². The molecule has 1 saturated heterocycles. The van der Waals surface area contributed by atoms with E-state index in [1.165, 1.54) is 10.8 Å². The smallest absolute Gasteiger partial charge is 0.487 e. The second-order valence-corrected chi connectivity index (χ2v) is 25.9. The van der Waals surface area contributed by atoms with Crippen LogP contribution in [0.1, 0.15) is 119 Å². The summed E-state index contributed by atoms with van der Waals surface area (Å²) < 4.78 is 63.3. The van der Waals surface area contributed by atoms with Gasteiger partial charge < -0.3 is 59.6 Å². The Kier molecular flexibility index (Phi) is 16.5. The number of hydrogen-bond acceptors (Lipinski definition) is 16. The van der Waals surface area contributed by atoms with Gasteiger partial charge in [0.15, 0.2) is 11.2 Å². The highest BCUT2D eigenvalue weighted by molar-refractivity contribution is 7.66. The molecule has 0 radical (unpaired) electrons. The average molecular weight is 1190 g/mol. The third-order valence-electron chi connectivity index (χ3n) is 14.8. The zero-order valence-electron chi connectivity index (χ0n) is 46.6. The van der Waals surface area contributed by atoms with Gasteiger partial charge in [0.2, 0.25) is 17.2 Å². The molecular weight excluding hydrogens is 1120 g/mol. The van der Waals surface area contributed by atoms with Crippen molar-refractivity contribution in [3.63, 3.8) is 0 Å². The number of benzene rings is 3. The van der Waals surface area contributed by atoms with Crippen molar-refractivity contribution in [3.05, 3.63) is 121 Å². The number of aliphatic hydroxyl groups excluding tert-OH is 1. The highest BCUT2D eigenvalue weighted by atomic mass is 31.3. The molecule has 9 rings (SSSR count). The van der Waals surface area contributed by atoms with Gasteiger partial charge in [0.25, 0.3) is 19.3 Å². The molecule has 24 nitrogen and oxygen atoms in total. The Bertz CT molecular complexity index is 3950. The molecule has 1 fully saturated rings. The van der Waals surface area contributed by atoms with Crippen LogP contribution in [0.5, 0.6) is 11.5 Å². The molecule has 0 spiro atoms. The Morgan fingerprint density at radius 1 is 0.988 bits per heavy atom. The van der Waals surface area contributed by atoms with Crippen LogP contribution in [-0.4, -0.2) is 114 Å². The SMILES string of the molecule is CCN1c2cc3c(cc2C(C)=CC1(C)C)C(c1ccccc1C(=O)N(C)CCCC(=O)NCC#Cc1cn([C@H]2C[C@H](O)[C@@H](COP(=O)(O)OP(=O)(O)OP(=O)([O-])O)O2)c2nc(N)[nH]c(=O)c12)=c1cc2c(cc1O3)=[N+](CC)C(C)(C)C=C2C. The average Bonchev–Trinajstić information content (AvgIpc) is 1.33. The molecule has 27 heteroatoms. The lowest BCUT2D eigenvalue weighted by Crippen LogP contribution is -2.49. The molecule has 82 heavy (non-hydrogen) atoms. The number of phosphoric ester groups is 1. The van der Waals surface area contributed by atoms with Crippen molar-refractivity contribution in [2.45, 2.75) is 104 Å². The number of hydrogen-bond donors (Lipinski definition) is 7. The van der Waals surface area contributed by atoms with Crippen LogP contribution in [0.15, 0.2) is 71.7 Å². The predicted molar refractivity (Wildman–Crippen MR) is 304 cm³/mol. The summed E-state index contributed by atoms with van der Waals surface area (Å²) in [5, 5.41) is 15.4. The van der Waals surface area contributed by atoms with E-state index in [-0.39, 0.29) is 71.4 Å². The van der Waals surface area contributed by atoms with Gasteiger partial charge in [0.1, 0.15) is 30.4 Å². The molecule has 436 valence electrons. The second kappa shape index (κ2) is 22.6. The lowest BCUT2D eigenvalue weighted by Gasteiger charge is -2.43. The molecule has 4 aliphatic rings. The third-order valence-corrected chi connectivity index (χ3v) is 18.6. The van der Waals surface area contributed by atoms with Gasteiger partial charge in [0, 0.05) is 97.8 Å². The van der Waals surface area contributed by atoms with Gasteiger partial charge in [-0.2, -0.15) is 9.29 Å². The highest BCUT2D eigenvalue weighted by Crippen LogP contribution is 2.65. The van der Waals surface area contributed by atoms with Gasteiger partial charge in [-0.15, -0.1) is 0 Å². The van der Waals surface area contributed by atoms with Crippen molar-refractivity contribution in [1.82, 2.24) is 29.3 Å². The van der Waals surface area contributed by atoms with Crippen molar-refractivity contribution >= 4 is 74.7 Å². The molecule has 4 aliphatic heterocycles. The summed E-state index contributed by atoms with van der Waals surface area (Å²) in [6.07, 6.45) is 2.19. The maximum absolute atomic E-state index is 14.7. The van der Waals surface area contributed by atoms with Gasteiger partial charge in [-0.3, -0.25) is 28.5 Å². The van der Waals surface area contributed by atoms with Crippen molar-refractivity contribution in [3.8, 4) is 23.3 Å². The Balaban J connectivity index is 0.903. The maximum atomic E-state index is 14.7. The van der Waals surface area contributed by atoms with Crippen LogP contribution in [0.4, 0.5) is 11.6 Å². The summed E-state index contributed by atoms with van der Waals surface area (Å²) in [7, 11) is -15.6. The van der Waals surface area contributed by atoms with Gasteiger partial charge in [0.05, 0.1) is 41.8 Å². The van der Waals surface area contributed by atoms with Crippen LogP contribution in [0, 0.1) is 11.8 Å². The van der Waals surface area contributed by atoms with Gasteiger partial charge in [-0.05, 0) is 88.9 Å². The number of ether oxygens (including phenoxy) is 2. The minimum atomic E-state index is -5.88. The number of aliphatic hydroxyl groups is 1. The van der Waals surface area contributed by atoms with Gasteiger partial charge >= 0.3 is 15.6 Å². The lowest BCUT2D eigenvalue weighted by atomic mass is 9.83. The topological polar surface area (TPSA) is 334 Å². The standard InChI is InChI=1S/C55H65N8O16P3/c1-10-62-40-24-43-38(22-36(40)31(3)27-54(62,5)6)49(39-23-37-32(4)28-55(7,8)63(11-2)41(37)25-44(39)76-43)34-17-12-13-18-35(34)52(67)60(9)21-15-19-46(65)57-20-14-16-33-29-61(50-48(33)51(66)59-53(56)58-50)47-26-42(64)45(77-47)30-75-81(71,72)79-82(73,74)78-80(68,69)70/h12-13,17-18,22-25,27-29,42,45,47,64H,10-11,15,19-21,26,30H2,1-9H3,(H7-,56,57,58,59,65,66,68,69,70,71,72,73,74)/t42-,45+,47+/m0/s1. The van der Waals surface area contributed by atoms with E-state index in [1.54, 1.807) is 11.9 Å². The van der Waals surface area contributed by atoms with Crippen molar-refractivity contribution in [2.75, 3.05) is 50.5 Å². The Labute approximate surface area is 472 Å². The Morgan fingerprint density at radius 3 is 2.41 bits per heavy atom. The van der Waals surface area contributed by atoms with E-state index in [1.807, 2.05) is 24.3 Å². The van der Waals surface area contributed by atoms with Crippen LogP contribution >= 0.6 is 23.5 Å². The van der Waals surface area contributed by atoms with Crippen LogP contribution < -0.4 is 46.3 Å². The zero-order valence-corrected chi connectivity index (χ0v) is 49.3. The summed E-state index contributed by atoms with van der Waals surface area (Å²) in [6, 6.07) is 16.3. The lowest BCUT2D eigenvalue weighted by molar-refractivity contribution is -0.212. The zero-order chi connectivity index (χ0) is 59.6. The number of nitrogens with one attached hydrogen (secondary N) is 2. The fourth-order valence-electron chi connectivity index (χ4n) is 11.5. The van der Waals surface area contributed by atoms with E-state index in [0.29, 0.717) is 23.5 Å². The summed E-state index contributed by atoms with van der Waals surface area (Å²) in [6.45, 7) is 18.1. The number of nitrogen functional groups attached to an aromatic ring is 1. The number of aromatic amines is 1. The number of amides is 2. The number of allylic oxidation sites excluding steroid dienone is 2. The normalized spacial score (nSPS) is 20.8. The molecule has 3 unspecified atom stereocenters. The fourth-order valence-corrected chi connectivity index (χ4v) is 14.5. The summed E-state index contributed by atoms with van der Waals surface area (Å²) in [5.74, 6) is 6.20. The summed E-state index contributed by atoms with van der Waals surface area (Å²) in [4.78, 5) is 90.5. The number of H-pyrrole nitrogens is 1. The minimum Gasteiger partial charge on any atom is -0.756 e. The van der Waals surface area contributed by atoms with E-state index in [2.05, 4.69) is 142 Å².